The summed E-state index contributed by atoms with van der Waals surface area (Å²) in [5, 5.41) is 2.04. The van der Waals surface area contributed by atoms with Crippen molar-refractivity contribution in [2.45, 2.75) is 19.0 Å². The Hall–Kier alpha value is -1.69. The molecule has 3 nitrogen and oxygen atoms in total. The average molecular weight is 345 g/mol. The van der Waals surface area contributed by atoms with Gasteiger partial charge in [0.2, 0.25) is 0 Å². The molecule has 3 rings (SSSR count). The molecule has 1 aliphatic heterocycles. The van der Waals surface area contributed by atoms with E-state index in [1.807, 2.05) is 23.1 Å². The van der Waals surface area contributed by atoms with E-state index in [-0.39, 0.29) is 12.8 Å². The van der Waals surface area contributed by atoms with Crippen molar-refractivity contribution in [3.8, 4) is 5.75 Å². The third-order valence-electron chi connectivity index (χ3n) is 4.24. The molecule has 7 heteroatoms. The van der Waals surface area contributed by atoms with Crippen LogP contribution in [0.2, 0.25) is 5.15 Å². The molecule has 1 aliphatic rings. The maximum Gasteiger partial charge on any atom is 0.391 e. The number of benzene rings is 1. The van der Waals surface area contributed by atoms with E-state index < -0.39 is 12.1 Å². The molecular formula is C16H16ClF3N2O. The number of rotatable bonds is 2. The van der Waals surface area contributed by atoms with Crippen LogP contribution in [0.25, 0.3) is 10.8 Å². The molecule has 2 aromatic rings. The summed E-state index contributed by atoms with van der Waals surface area (Å²) < 4.78 is 43.6. The van der Waals surface area contributed by atoms with Gasteiger partial charge in [0.25, 0.3) is 0 Å². The molecule has 1 saturated heterocycles. The van der Waals surface area contributed by atoms with Gasteiger partial charge < -0.3 is 9.64 Å². The van der Waals surface area contributed by atoms with E-state index >= 15 is 0 Å². The highest BCUT2D eigenvalue weighted by molar-refractivity contribution is 6.30. The zero-order chi connectivity index (χ0) is 16.6. The lowest BCUT2D eigenvalue weighted by Gasteiger charge is -2.34. The van der Waals surface area contributed by atoms with Crippen LogP contribution in [-0.4, -0.2) is 31.4 Å². The summed E-state index contributed by atoms with van der Waals surface area (Å²) in [6.07, 6.45) is -3.96. The van der Waals surface area contributed by atoms with Crippen molar-refractivity contribution in [2.75, 3.05) is 25.1 Å². The van der Waals surface area contributed by atoms with Crippen LogP contribution in [-0.2, 0) is 0 Å². The van der Waals surface area contributed by atoms with Crippen molar-refractivity contribution in [3.63, 3.8) is 0 Å². The molecule has 0 amide bonds. The number of hydrogen-bond donors (Lipinski definition) is 0. The first kappa shape index (κ1) is 16.2. The third-order valence-corrected chi connectivity index (χ3v) is 4.44. The SMILES string of the molecule is COc1ccc2c(N3CCC(C(F)(F)F)CC3)nc(Cl)cc2c1. The van der Waals surface area contributed by atoms with Gasteiger partial charge in [0.05, 0.1) is 13.0 Å². The van der Waals surface area contributed by atoms with Gasteiger partial charge in [0.1, 0.15) is 16.7 Å². The molecule has 0 aliphatic carbocycles. The summed E-state index contributed by atoms with van der Waals surface area (Å²) >= 11 is 6.08. The zero-order valence-corrected chi connectivity index (χ0v) is 13.3. The number of hydrogen-bond acceptors (Lipinski definition) is 3. The first-order valence-corrected chi connectivity index (χ1v) is 7.72. The Morgan fingerprint density at radius 2 is 1.91 bits per heavy atom. The van der Waals surface area contributed by atoms with E-state index in [1.54, 1.807) is 13.2 Å². The van der Waals surface area contributed by atoms with Gasteiger partial charge in [-0.2, -0.15) is 13.2 Å². The Morgan fingerprint density at radius 1 is 1.22 bits per heavy atom. The molecule has 1 fully saturated rings. The lowest BCUT2D eigenvalue weighted by molar-refractivity contribution is -0.179. The Morgan fingerprint density at radius 3 is 2.52 bits per heavy atom. The van der Waals surface area contributed by atoms with Crippen LogP contribution >= 0.6 is 11.6 Å². The maximum atomic E-state index is 12.8. The monoisotopic (exact) mass is 344 g/mol. The number of nitrogens with zero attached hydrogens (tertiary/aromatic N) is 2. The maximum absolute atomic E-state index is 12.8. The van der Waals surface area contributed by atoms with E-state index in [0.717, 1.165) is 10.8 Å². The van der Waals surface area contributed by atoms with E-state index in [2.05, 4.69) is 4.98 Å². The smallest absolute Gasteiger partial charge is 0.391 e. The fraction of sp³-hybridized carbons (Fsp3) is 0.438. The number of aromatic nitrogens is 1. The summed E-state index contributed by atoms with van der Waals surface area (Å²) in [5.74, 6) is 0.0987. The van der Waals surface area contributed by atoms with Gasteiger partial charge in [-0.1, -0.05) is 11.6 Å². The van der Waals surface area contributed by atoms with Gasteiger partial charge in [0.15, 0.2) is 0 Å². The first-order valence-electron chi connectivity index (χ1n) is 7.34. The van der Waals surface area contributed by atoms with Crippen molar-refractivity contribution in [1.82, 2.24) is 4.98 Å². The van der Waals surface area contributed by atoms with Crippen LogP contribution < -0.4 is 9.64 Å². The van der Waals surface area contributed by atoms with Gasteiger partial charge in [-0.3, -0.25) is 0 Å². The van der Waals surface area contributed by atoms with E-state index in [1.165, 1.54) is 0 Å². The van der Waals surface area contributed by atoms with Crippen LogP contribution in [0, 0.1) is 5.92 Å². The highest BCUT2D eigenvalue weighted by Crippen LogP contribution is 2.37. The number of halogens is 4. The number of pyridine rings is 1. The molecule has 23 heavy (non-hydrogen) atoms. The Labute approximate surface area is 137 Å². The van der Waals surface area contributed by atoms with Crippen molar-refractivity contribution in [3.05, 3.63) is 29.4 Å². The van der Waals surface area contributed by atoms with E-state index in [9.17, 15) is 13.2 Å². The molecule has 1 aromatic carbocycles. The summed E-state index contributed by atoms with van der Waals surface area (Å²) in [7, 11) is 1.58. The van der Waals surface area contributed by atoms with Crippen molar-refractivity contribution in [1.29, 1.82) is 0 Å². The van der Waals surface area contributed by atoms with Crippen LogP contribution in [0.15, 0.2) is 24.3 Å². The summed E-state index contributed by atoms with van der Waals surface area (Å²) in [4.78, 5) is 6.21. The normalized spacial score (nSPS) is 16.8. The summed E-state index contributed by atoms with van der Waals surface area (Å²) in [6.45, 7) is 0.636. The van der Waals surface area contributed by atoms with Crippen molar-refractivity contribution in [2.24, 2.45) is 5.92 Å². The lowest BCUT2D eigenvalue weighted by atomic mass is 9.96. The number of ether oxygens (including phenoxy) is 1. The molecule has 2 heterocycles. The molecule has 0 N–H and O–H groups in total. The molecule has 0 atom stereocenters. The van der Waals surface area contributed by atoms with E-state index in [0.29, 0.717) is 29.8 Å². The minimum atomic E-state index is -4.12. The Bertz CT molecular complexity index is 712. The van der Waals surface area contributed by atoms with Gasteiger partial charge >= 0.3 is 6.18 Å². The second-order valence-corrected chi connectivity index (χ2v) is 6.05. The van der Waals surface area contributed by atoms with Gasteiger partial charge in [-0.15, -0.1) is 0 Å². The minimum Gasteiger partial charge on any atom is -0.497 e. The largest absolute Gasteiger partial charge is 0.497 e. The minimum absolute atomic E-state index is 0.0787. The summed E-state index contributed by atoms with van der Waals surface area (Å²) in [6, 6.07) is 7.24. The molecule has 0 radical (unpaired) electrons. The first-order chi connectivity index (χ1) is 10.9. The fourth-order valence-corrected chi connectivity index (χ4v) is 3.17. The molecule has 0 unspecified atom stereocenters. The van der Waals surface area contributed by atoms with Crippen LogP contribution in [0.5, 0.6) is 5.75 Å². The number of fused-ring (bicyclic) bond motifs is 1. The lowest BCUT2D eigenvalue weighted by Crippen LogP contribution is -2.39. The second kappa shape index (κ2) is 6.07. The predicted molar refractivity (Wildman–Crippen MR) is 84.3 cm³/mol. The summed E-state index contributed by atoms with van der Waals surface area (Å²) in [5.41, 5.74) is 0. The fourth-order valence-electron chi connectivity index (χ4n) is 2.97. The van der Waals surface area contributed by atoms with Gasteiger partial charge in [0, 0.05) is 18.5 Å². The highest BCUT2D eigenvalue weighted by Gasteiger charge is 2.41. The zero-order valence-electron chi connectivity index (χ0n) is 12.5. The van der Waals surface area contributed by atoms with Crippen LogP contribution in [0.4, 0.5) is 19.0 Å². The number of methoxy groups -OCH3 is 1. The van der Waals surface area contributed by atoms with Crippen LogP contribution in [0.3, 0.4) is 0 Å². The predicted octanol–water partition coefficient (Wildman–Crippen LogP) is 4.68. The molecule has 0 saturated carbocycles. The van der Waals surface area contributed by atoms with E-state index in [4.69, 9.17) is 16.3 Å². The Balaban J connectivity index is 1.91. The molecular weight excluding hydrogens is 329 g/mol. The molecule has 0 bridgehead atoms. The number of alkyl halides is 3. The number of piperidine rings is 1. The number of anilines is 1. The Kier molecular flexibility index (Phi) is 4.27. The quantitative estimate of drug-likeness (QED) is 0.740. The van der Waals surface area contributed by atoms with Crippen LogP contribution in [0.1, 0.15) is 12.8 Å². The molecule has 0 spiro atoms. The average Bonchev–Trinajstić information content (AvgIpc) is 2.52. The van der Waals surface area contributed by atoms with Crippen molar-refractivity contribution >= 4 is 28.2 Å². The van der Waals surface area contributed by atoms with Crippen molar-refractivity contribution < 1.29 is 17.9 Å². The molecule has 124 valence electrons. The standard InChI is InChI=1S/C16H16ClF3N2O/c1-23-12-2-3-13-10(8-12)9-14(17)21-15(13)22-6-4-11(5-7-22)16(18,19)20/h2-3,8-9,11H,4-7H2,1H3. The topological polar surface area (TPSA) is 25.4 Å². The third kappa shape index (κ3) is 3.32. The van der Waals surface area contributed by atoms with Gasteiger partial charge in [-0.25, -0.2) is 4.98 Å². The van der Waals surface area contributed by atoms with Gasteiger partial charge in [-0.05, 0) is 42.5 Å². The second-order valence-electron chi connectivity index (χ2n) is 5.66. The molecule has 1 aromatic heterocycles. The highest BCUT2D eigenvalue weighted by atomic mass is 35.5.